The van der Waals surface area contributed by atoms with Crippen LogP contribution in [0.1, 0.15) is 6.42 Å². The fraction of sp³-hybridized carbons (Fsp3) is 0.417. The molecule has 4 nitrogen and oxygen atoms in total. The number of hydrogen-bond acceptors (Lipinski definition) is 3. The number of amides is 1. The molecule has 92 valence electrons. The third-order valence-corrected chi connectivity index (χ3v) is 3.39. The van der Waals surface area contributed by atoms with E-state index in [2.05, 4.69) is 15.9 Å². The summed E-state index contributed by atoms with van der Waals surface area (Å²) in [5.74, 6) is 0.131. The minimum absolute atomic E-state index is 0.131. The van der Waals surface area contributed by atoms with Crippen LogP contribution in [-0.2, 0) is 4.79 Å². The van der Waals surface area contributed by atoms with E-state index in [1.807, 2.05) is 35.0 Å². The molecule has 0 saturated heterocycles. The van der Waals surface area contributed by atoms with Crippen molar-refractivity contribution in [3.8, 4) is 0 Å². The lowest BCUT2D eigenvalue weighted by Crippen LogP contribution is -2.45. The Kier molecular flexibility index (Phi) is 3.69. The summed E-state index contributed by atoms with van der Waals surface area (Å²) in [7, 11) is 1.94. The third kappa shape index (κ3) is 2.45. The second-order valence-electron chi connectivity index (χ2n) is 4.18. The maximum absolute atomic E-state index is 12.0. The maximum Gasteiger partial charge on any atom is 0.246 e. The van der Waals surface area contributed by atoms with Crippen LogP contribution in [0.5, 0.6) is 0 Å². The molecule has 0 unspecified atom stereocenters. The van der Waals surface area contributed by atoms with Crippen LogP contribution in [0.3, 0.4) is 0 Å². The Morgan fingerprint density at radius 1 is 1.41 bits per heavy atom. The lowest BCUT2D eigenvalue weighted by Gasteiger charge is -2.35. The molecule has 0 atom stereocenters. The number of fused-ring (bicyclic) bond motifs is 1. The van der Waals surface area contributed by atoms with Crippen molar-refractivity contribution >= 4 is 33.2 Å². The minimum Gasteiger partial charge on any atom is -0.364 e. The summed E-state index contributed by atoms with van der Waals surface area (Å²) in [5, 5.41) is 0. The van der Waals surface area contributed by atoms with Crippen LogP contribution in [0.2, 0.25) is 0 Å². The molecule has 0 spiro atoms. The van der Waals surface area contributed by atoms with Crippen molar-refractivity contribution in [2.45, 2.75) is 6.42 Å². The van der Waals surface area contributed by atoms with E-state index < -0.39 is 0 Å². The van der Waals surface area contributed by atoms with Gasteiger partial charge in [0, 0.05) is 18.1 Å². The summed E-state index contributed by atoms with van der Waals surface area (Å²) in [5.41, 5.74) is 7.56. The SMILES string of the molecule is CN1CC(=O)N(CCCN)c2cc(Br)ccc21. The zero-order valence-electron chi connectivity index (χ0n) is 9.82. The van der Waals surface area contributed by atoms with Crippen LogP contribution in [0.4, 0.5) is 11.4 Å². The summed E-state index contributed by atoms with van der Waals surface area (Å²) in [6.45, 7) is 1.72. The first-order valence-electron chi connectivity index (χ1n) is 5.64. The van der Waals surface area contributed by atoms with Gasteiger partial charge >= 0.3 is 0 Å². The molecule has 0 radical (unpaired) electrons. The second kappa shape index (κ2) is 5.06. The van der Waals surface area contributed by atoms with Gasteiger partial charge in [-0.3, -0.25) is 4.79 Å². The van der Waals surface area contributed by atoms with E-state index in [0.717, 1.165) is 22.3 Å². The van der Waals surface area contributed by atoms with Gasteiger partial charge in [0.25, 0.3) is 0 Å². The highest BCUT2D eigenvalue weighted by Gasteiger charge is 2.26. The van der Waals surface area contributed by atoms with E-state index >= 15 is 0 Å². The first-order chi connectivity index (χ1) is 8.13. The van der Waals surface area contributed by atoms with Crippen LogP contribution in [0.15, 0.2) is 22.7 Å². The molecule has 1 aliphatic heterocycles. The molecule has 2 rings (SSSR count). The lowest BCUT2D eigenvalue weighted by atomic mass is 10.1. The predicted octanol–water partition coefficient (Wildman–Crippen LogP) is 1.58. The van der Waals surface area contributed by atoms with Crippen LogP contribution in [0.25, 0.3) is 0 Å². The van der Waals surface area contributed by atoms with E-state index in [-0.39, 0.29) is 5.91 Å². The smallest absolute Gasteiger partial charge is 0.246 e. The van der Waals surface area contributed by atoms with Gasteiger partial charge in [0.05, 0.1) is 17.9 Å². The summed E-state index contributed by atoms with van der Waals surface area (Å²) in [6, 6.07) is 6.01. The Morgan fingerprint density at radius 2 is 2.18 bits per heavy atom. The average molecular weight is 298 g/mol. The van der Waals surface area contributed by atoms with Gasteiger partial charge in [0.2, 0.25) is 5.91 Å². The van der Waals surface area contributed by atoms with E-state index in [4.69, 9.17) is 5.73 Å². The molecule has 1 aromatic carbocycles. The van der Waals surface area contributed by atoms with Crippen molar-refractivity contribution in [1.29, 1.82) is 0 Å². The number of carbonyl (C=O) groups is 1. The van der Waals surface area contributed by atoms with E-state index in [0.29, 0.717) is 19.6 Å². The zero-order valence-corrected chi connectivity index (χ0v) is 11.4. The molecule has 0 fully saturated rings. The normalized spacial score (nSPS) is 15.1. The first-order valence-corrected chi connectivity index (χ1v) is 6.44. The summed E-state index contributed by atoms with van der Waals surface area (Å²) < 4.78 is 0.983. The molecule has 5 heteroatoms. The highest BCUT2D eigenvalue weighted by atomic mass is 79.9. The monoisotopic (exact) mass is 297 g/mol. The van der Waals surface area contributed by atoms with Crippen molar-refractivity contribution < 1.29 is 4.79 Å². The fourth-order valence-corrected chi connectivity index (χ4v) is 2.39. The zero-order chi connectivity index (χ0) is 12.4. The number of nitrogens with two attached hydrogens (primary N) is 1. The topological polar surface area (TPSA) is 49.6 Å². The molecule has 1 aromatic rings. The summed E-state index contributed by atoms with van der Waals surface area (Å²) in [4.78, 5) is 15.8. The van der Waals surface area contributed by atoms with E-state index in [9.17, 15) is 4.79 Å². The molecule has 0 bridgehead atoms. The van der Waals surface area contributed by atoms with Crippen molar-refractivity contribution in [3.05, 3.63) is 22.7 Å². The molecule has 1 amide bonds. The van der Waals surface area contributed by atoms with Crippen LogP contribution in [0, 0.1) is 0 Å². The Labute approximate surface area is 110 Å². The van der Waals surface area contributed by atoms with Gasteiger partial charge in [-0.25, -0.2) is 0 Å². The first kappa shape index (κ1) is 12.4. The van der Waals surface area contributed by atoms with Gasteiger partial charge in [-0.05, 0) is 31.2 Å². The van der Waals surface area contributed by atoms with E-state index in [1.54, 1.807) is 0 Å². The van der Waals surface area contributed by atoms with Crippen molar-refractivity contribution in [2.75, 3.05) is 36.5 Å². The largest absolute Gasteiger partial charge is 0.364 e. The van der Waals surface area contributed by atoms with Crippen molar-refractivity contribution in [3.63, 3.8) is 0 Å². The van der Waals surface area contributed by atoms with Gasteiger partial charge in [-0.15, -0.1) is 0 Å². The Hall–Kier alpha value is -1.07. The van der Waals surface area contributed by atoms with Gasteiger partial charge in [-0.1, -0.05) is 15.9 Å². The number of anilines is 2. The second-order valence-corrected chi connectivity index (χ2v) is 5.09. The molecule has 1 aliphatic rings. The minimum atomic E-state index is 0.131. The number of nitrogens with zero attached hydrogens (tertiary/aromatic N) is 2. The molecule has 2 N–H and O–H groups in total. The number of halogens is 1. The number of carbonyl (C=O) groups excluding carboxylic acids is 1. The molecule has 0 saturated carbocycles. The summed E-state index contributed by atoms with van der Waals surface area (Å²) >= 11 is 3.44. The molecular weight excluding hydrogens is 282 g/mol. The molecular formula is C12H16BrN3O. The predicted molar refractivity (Wildman–Crippen MR) is 73.4 cm³/mol. The standard InChI is InChI=1S/C12H16BrN3O/c1-15-8-12(17)16(6-2-5-14)11-7-9(13)3-4-10(11)15/h3-4,7H,2,5-6,8,14H2,1H3. The number of likely N-dealkylation sites (N-methyl/N-ethyl adjacent to an activating group) is 1. The number of rotatable bonds is 3. The molecule has 17 heavy (non-hydrogen) atoms. The highest BCUT2D eigenvalue weighted by molar-refractivity contribution is 9.10. The average Bonchev–Trinajstić information content (AvgIpc) is 2.28. The fourth-order valence-electron chi connectivity index (χ4n) is 2.04. The van der Waals surface area contributed by atoms with Crippen LogP contribution < -0.4 is 15.5 Å². The van der Waals surface area contributed by atoms with Crippen molar-refractivity contribution in [2.24, 2.45) is 5.73 Å². The lowest BCUT2D eigenvalue weighted by molar-refractivity contribution is -0.117. The van der Waals surface area contributed by atoms with Gasteiger partial charge in [0.15, 0.2) is 0 Å². The number of benzene rings is 1. The Morgan fingerprint density at radius 3 is 2.88 bits per heavy atom. The van der Waals surface area contributed by atoms with Gasteiger partial charge in [0.1, 0.15) is 0 Å². The Bertz CT molecular complexity index is 436. The van der Waals surface area contributed by atoms with E-state index in [1.165, 1.54) is 0 Å². The van der Waals surface area contributed by atoms with Crippen molar-refractivity contribution in [1.82, 2.24) is 0 Å². The summed E-state index contributed by atoms with van der Waals surface area (Å²) in [6.07, 6.45) is 0.821. The highest BCUT2D eigenvalue weighted by Crippen LogP contribution is 2.35. The molecule has 1 heterocycles. The molecule has 0 aliphatic carbocycles. The van der Waals surface area contributed by atoms with Gasteiger partial charge in [-0.2, -0.15) is 0 Å². The van der Waals surface area contributed by atoms with Crippen LogP contribution in [-0.4, -0.2) is 32.6 Å². The maximum atomic E-state index is 12.0. The van der Waals surface area contributed by atoms with Crippen LogP contribution >= 0.6 is 15.9 Å². The quantitative estimate of drug-likeness (QED) is 0.922. The third-order valence-electron chi connectivity index (χ3n) is 2.90. The number of hydrogen-bond donors (Lipinski definition) is 1. The molecule has 0 aromatic heterocycles. The van der Waals surface area contributed by atoms with Gasteiger partial charge < -0.3 is 15.5 Å². The Balaban J connectivity index is 2.37.